The Morgan fingerprint density at radius 2 is 2.18 bits per heavy atom. The van der Waals surface area contributed by atoms with Crippen molar-refractivity contribution in [2.24, 2.45) is 0 Å². The third-order valence-corrected chi connectivity index (χ3v) is 3.00. The van der Waals surface area contributed by atoms with Crippen LogP contribution in [-0.4, -0.2) is 17.8 Å². The van der Waals surface area contributed by atoms with Crippen LogP contribution in [0.15, 0.2) is 35.8 Å². The highest BCUT2D eigenvalue weighted by Gasteiger charge is 2.18. The van der Waals surface area contributed by atoms with Crippen LogP contribution in [0.3, 0.4) is 0 Å². The lowest BCUT2D eigenvalue weighted by atomic mass is 10.1. The summed E-state index contributed by atoms with van der Waals surface area (Å²) in [5.41, 5.74) is 0. The van der Waals surface area contributed by atoms with Crippen molar-refractivity contribution < 1.29 is 0 Å². The minimum Gasteiger partial charge on any atom is -0.306 e. The molecule has 2 heteroatoms. The second kappa shape index (κ2) is 3.28. The first-order valence-electron chi connectivity index (χ1n) is 3.86. The maximum atomic E-state index is 3.44. The number of nitrogens with one attached hydrogen (secondary N) is 1. The average molecular weight is 165 g/mol. The molecule has 0 saturated carbocycles. The van der Waals surface area contributed by atoms with E-state index in [1.807, 2.05) is 11.8 Å². The van der Waals surface area contributed by atoms with Gasteiger partial charge in [0.15, 0.2) is 0 Å². The summed E-state index contributed by atoms with van der Waals surface area (Å²) in [6.07, 6.45) is 10.9. The van der Waals surface area contributed by atoms with Crippen LogP contribution in [-0.2, 0) is 0 Å². The fraction of sp³-hybridized carbons (Fsp3) is 0.333. The Hall–Kier alpha value is -0.470. The number of hydrogen-bond acceptors (Lipinski definition) is 2. The maximum absolute atomic E-state index is 3.44. The molecule has 58 valence electrons. The predicted octanol–water partition coefficient (Wildman–Crippen LogP) is 1.70. The van der Waals surface area contributed by atoms with Crippen molar-refractivity contribution in [1.29, 1.82) is 0 Å². The fourth-order valence-electron chi connectivity index (χ4n) is 1.30. The van der Waals surface area contributed by atoms with Gasteiger partial charge in [-0.3, -0.25) is 0 Å². The lowest BCUT2D eigenvalue weighted by Crippen LogP contribution is -2.35. The first kappa shape index (κ1) is 7.19. The Bertz CT molecular complexity index is 218. The van der Waals surface area contributed by atoms with E-state index in [1.54, 1.807) is 0 Å². The lowest BCUT2D eigenvalue weighted by Gasteiger charge is -2.20. The molecule has 0 radical (unpaired) electrons. The molecule has 1 aliphatic heterocycles. The van der Waals surface area contributed by atoms with Gasteiger partial charge in [0, 0.05) is 17.8 Å². The predicted molar refractivity (Wildman–Crippen MR) is 50.6 cm³/mol. The van der Waals surface area contributed by atoms with Crippen molar-refractivity contribution in [2.45, 2.75) is 11.3 Å². The van der Waals surface area contributed by atoms with E-state index in [0.29, 0.717) is 11.3 Å². The van der Waals surface area contributed by atoms with Gasteiger partial charge in [0.2, 0.25) is 0 Å². The molecule has 0 saturated heterocycles. The molecule has 1 N–H and O–H groups in total. The van der Waals surface area contributed by atoms with E-state index >= 15 is 0 Å². The minimum absolute atomic E-state index is 0.528. The number of fused-ring (bicyclic) bond motifs is 1. The molecule has 2 aliphatic rings. The molecule has 2 unspecified atom stereocenters. The molecule has 0 aromatic rings. The lowest BCUT2D eigenvalue weighted by molar-refractivity contribution is 0.651. The van der Waals surface area contributed by atoms with Gasteiger partial charge in [-0.2, -0.15) is 0 Å². The van der Waals surface area contributed by atoms with E-state index in [0.717, 1.165) is 6.54 Å². The summed E-state index contributed by atoms with van der Waals surface area (Å²) >= 11 is 1.89. The molecule has 1 heterocycles. The van der Waals surface area contributed by atoms with Crippen molar-refractivity contribution in [3.63, 3.8) is 0 Å². The van der Waals surface area contributed by atoms with Crippen molar-refractivity contribution in [3.05, 3.63) is 35.8 Å². The van der Waals surface area contributed by atoms with E-state index < -0.39 is 0 Å². The fourth-order valence-corrected chi connectivity index (χ4v) is 2.23. The second-order valence-electron chi connectivity index (χ2n) is 2.68. The number of allylic oxidation sites excluding steroid dienone is 2. The van der Waals surface area contributed by atoms with E-state index in [-0.39, 0.29) is 0 Å². The molecule has 0 fully saturated rings. The summed E-state index contributed by atoms with van der Waals surface area (Å²) < 4.78 is 0. The molecular weight excluding hydrogens is 154 g/mol. The highest BCUT2D eigenvalue weighted by Crippen LogP contribution is 2.22. The van der Waals surface area contributed by atoms with Crippen molar-refractivity contribution in [1.82, 2.24) is 5.32 Å². The zero-order chi connectivity index (χ0) is 7.52. The summed E-state index contributed by atoms with van der Waals surface area (Å²) in [5, 5.41) is 6.22. The van der Waals surface area contributed by atoms with Crippen LogP contribution in [0.25, 0.3) is 0 Å². The number of rotatable bonds is 0. The summed E-state index contributed by atoms with van der Waals surface area (Å²) in [5.74, 6) is 0. The molecule has 0 spiro atoms. The molecule has 0 aromatic carbocycles. The van der Waals surface area contributed by atoms with Crippen LogP contribution < -0.4 is 5.32 Å². The van der Waals surface area contributed by atoms with Gasteiger partial charge in [-0.25, -0.2) is 0 Å². The number of hydrogen-bond donors (Lipinski definition) is 1. The standard InChI is InChI=1S/C9H11NS/c1-2-5-9-8(4-1)10-6-3-7-11-9/h1-5,7-10H,6H2. The van der Waals surface area contributed by atoms with Crippen LogP contribution >= 0.6 is 11.8 Å². The van der Waals surface area contributed by atoms with Crippen LogP contribution in [0, 0.1) is 0 Å². The highest BCUT2D eigenvalue weighted by atomic mass is 32.2. The maximum Gasteiger partial charge on any atom is 0.0461 e. The van der Waals surface area contributed by atoms with Crippen LogP contribution in [0.2, 0.25) is 0 Å². The molecule has 1 nitrogen and oxygen atoms in total. The molecule has 0 aromatic heterocycles. The smallest absolute Gasteiger partial charge is 0.0461 e. The molecule has 0 bridgehead atoms. The topological polar surface area (TPSA) is 12.0 Å². The van der Waals surface area contributed by atoms with Gasteiger partial charge in [0.25, 0.3) is 0 Å². The van der Waals surface area contributed by atoms with E-state index in [4.69, 9.17) is 0 Å². The van der Waals surface area contributed by atoms with E-state index in [2.05, 4.69) is 41.1 Å². The molecule has 2 atom stereocenters. The van der Waals surface area contributed by atoms with E-state index in [9.17, 15) is 0 Å². The van der Waals surface area contributed by atoms with Crippen LogP contribution in [0.4, 0.5) is 0 Å². The van der Waals surface area contributed by atoms with Gasteiger partial charge in [-0.05, 0) is 5.41 Å². The molecule has 11 heavy (non-hydrogen) atoms. The van der Waals surface area contributed by atoms with Gasteiger partial charge in [0.05, 0.1) is 0 Å². The Morgan fingerprint density at radius 3 is 3.18 bits per heavy atom. The summed E-state index contributed by atoms with van der Waals surface area (Å²) in [7, 11) is 0. The first-order valence-corrected chi connectivity index (χ1v) is 4.80. The van der Waals surface area contributed by atoms with Crippen LogP contribution in [0.5, 0.6) is 0 Å². The van der Waals surface area contributed by atoms with Gasteiger partial charge >= 0.3 is 0 Å². The zero-order valence-corrected chi connectivity index (χ0v) is 7.05. The Morgan fingerprint density at radius 1 is 1.27 bits per heavy atom. The van der Waals surface area contributed by atoms with Gasteiger partial charge in [0.1, 0.15) is 0 Å². The van der Waals surface area contributed by atoms with E-state index in [1.165, 1.54) is 0 Å². The third kappa shape index (κ3) is 1.57. The van der Waals surface area contributed by atoms with Crippen molar-refractivity contribution in [3.8, 4) is 0 Å². The van der Waals surface area contributed by atoms with Gasteiger partial charge < -0.3 is 5.32 Å². The largest absolute Gasteiger partial charge is 0.306 e. The molecule has 2 rings (SSSR count). The zero-order valence-electron chi connectivity index (χ0n) is 6.23. The average Bonchev–Trinajstić information content (AvgIpc) is 2.28. The quantitative estimate of drug-likeness (QED) is 0.586. The highest BCUT2D eigenvalue weighted by molar-refractivity contribution is 8.02. The summed E-state index contributed by atoms with van der Waals surface area (Å²) in [6.45, 7) is 0.992. The Balaban J connectivity index is 2.13. The van der Waals surface area contributed by atoms with Crippen molar-refractivity contribution in [2.75, 3.05) is 6.54 Å². The number of thioether (sulfide) groups is 1. The molecule has 0 amide bonds. The summed E-state index contributed by atoms with van der Waals surface area (Å²) in [4.78, 5) is 0. The SMILES string of the molecule is C1=CC2NCC=CSC2C=C1. The second-order valence-corrected chi connectivity index (χ2v) is 3.76. The summed E-state index contributed by atoms with van der Waals surface area (Å²) in [6, 6.07) is 0.528. The molecule has 1 aliphatic carbocycles. The molecular formula is C9H11NS. The minimum atomic E-state index is 0.528. The normalized spacial score (nSPS) is 34.9. The van der Waals surface area contributed by atoms with Crippen molar-refractivity contribution >= 4 is 11.8 Å². The monoisotopic (exact) mass is 165 g/mol. The first-order chi connectivity index (χ1) is 5.47. The third-order valence-electron chi connectivity index (χ3n) is 1.89. The van der Waals surface area contributed by atoms with Gasteiger partial charge in [-0.15, -0.1) is 11.8 Å². The Labute approximate surface area is 71.3 Å². The van der Waals surface area contributed by atoms with Gasteiger partial charge in [-0.1, -0.05) is 30.4 Å². The van der Waals surface area contributed by atoms with Crippen LogP contribution in [0.1, 0.15) is 0 Å². The Kier molecular flexibility index (Phi) is 2.15.